The highest BCUT2D eigenvalue weighted by Crippen LogP contribution is 2.33. The van der Waals surface area contributed by atoms with Crippen LogP contribution in [0.3, 0.4) is 0 Å². The van der Waals surface area contributed by atoms with Crippen molar-refractivity contribution in [1.29, 1.82) is 0 Å². The van der Waals surface area contributed by atoms with E-state index in [1.807, 2.05) is 0 Å². The third-order valence-corrected chi connectivity index (χ3v) is 2.64. The lowest BCUT2D eigenvalue weighted by Crippen LogP contribution is -2.41. The van der Waals surface area contributed by atoms with Crippen molar-refractivity contribution in [2.24, 2.45) is 11.7 Å². The first-order valence-electron chi connectivity index (χ1n) is 4.51. The molecule has 0 saturated carbocycles. The molecule has 5 N–H and O–H groups in total. The minimum Gasteiger partial charge on any atom is -0.481 e. The Morgan fingerprint density at radius 1 is 1.25 bits per heavy atom. The van der Waals surface area contributed by atoms with Gasteiger partial charge >= 0.3 is 17.9 Å². The summed E-state index contributed by atoms with van der Waals surface area (Å²) in [7, 11) is 0. The molecule has 8 heteroatoms. The molecular weight excluding hydrogens is 220 g/mol. The summed E-state index contributed by atoms with van der Waals surface area (Å²) >= 11 is 0. The summed E-state index contributed by atoms with van der Waals surface area (Å²) in [5.41, 5.74) is 3.22. The normalized spacial score (nSPS) is 23.4. The Morgan fingerprint density at radius 2 is 1.75 bits per heavy atom. The van der Waals surface area contributed by atoms with E-state index in [4.69, 9.17) is 21.1 Å². The Labute approximate surface area is 90.3 Å². The summed E-state index contributed by atoms with van der Waals surface area (Å²) in [4.78, 5) is 33.3. The second kappa shape index (κ2) is 4.06. The largest absolute Gasteiger partial charge is 0.481 e. The zero-order chi connectivity index (χ0) is 12.5. The van der Waals surface area contributed by atoms with Crippen LogP contribution in [0.2, 0.25) is 0 Å². The minimum atomic E-state index is -1.97. The molecule has 1 aliphatic heterocycles. The van der Waals surface area contributed by atoms with E-state index >= 15 is 0 Å². The van der Waals surface area contributed by atoms with E-state index in [1.54, 1.807) is 0 Å². The van der Waals surface area contributed by atoms with E-state index in [9.17, 15) is 14.4 Å². The van der Waals surface area contributed by atoms with E-state index in [1.165, 1.54) is 0 Å². The summed E-state index contributed by atoms with van der Waals surface area (Å²) in [6.45, 7) is -0.535. The molecule has 90 valence electrons. The van der Waals surface area contributed by atoms with Crippen LogP contribution < -0.4 is 5.73 Å². The third-order valence-electron chi connectivity index (χ3n) is 2.64. The average Bonchev–Trinajstić information content (AvgIpc) is 2.89. The quantitative estimate of drug-likeness (QED) is 0.300. The van der Waals surface area contributed by atoms with Gasteiger partial charge in [-0.1, -0.05) is 0 Å². The average molecular weight is 232 g/mol. The van der Waals surface area contributed by atoms with Crippen molar-refractivity contribution in [3.63, 3.8) is 0 Å². The zero-order valence-corrected chi connectivity index (χ0v) is 8.29. The Morgan fingerprint density at radius 3 is 2.00 bits per heavy atom. The van der Waals surface area contributed by atoms with Gasteiger partial charge in [0, 0.05) is 19.6 Å². The molecule has 1 saturated heterocycles. The fourth-order valence-corrected chi connectivity index (χ4v) is 1.48. The molecule has 0 spiro atoms. The maximum absolute atomic E-state index is 10.8. The van der Waals surface area contributed by atoms with Gasteiger partial charge in [-0.15, -0.1) is 0 Å². The van der Waals surface area contributed by atoms with Gasteiger partial charge in [0.2, 0.25) is 5.54 Å². The van der Waals surface area contributed by atoms with E-state index < -0.39 is 29.4 Å². The van der Waals surface area contributed by atoms with Crippen molar-refractivity contribution < 1.29 is 29.7 Å². The van der Waals surface area contributed by atoms with Crippen LogP contribution in [0.25, 0.3) is 0 Å². The number of carboxylic acids is 3. The molecule has 16 heavy (non-hydrogen) atoms. The number of hydrogen-bond acceptors (Lipinski definition) is 5. The van der Waals surface area contributed by atoms with Crippen LogP contribution in [0.4, 0.5) is 0 Å². The Kier molecular flexibility index (Phi) is 3.15. The van der Waals surface area contributed by atoms with Crippen LogP contribution in [0.1, 0.15) is 0 Å². The highest BCUT2D eigenvalue weighted by Gasteiger charge is 2.65. The summed E-state index contributed by atoms with van der Waals surface area (Å²) in [6, 6.07) is 0. The van der Waals surface area contributed by atoms with Gasteiger partial charge < -0.3 is 21.1 Å². The van der Waals surface area contributed by atoms with Crippen molar-refractivity contribution in [2.75, 3.05) is 19.6 Å². The van der Waals surface area contributed by atoms with Crippen LogP contribution in [0.5, 0.6) is 0 Å². The number of aliphatic carboxylic acids is 3. The predicted molar refractivity (Wildman–Crippen MR) is 49.8 cm³/mol. The summed E-state index contributed by atoms with van der Waals surface area (Å²) < 4.78 is 0. The molecule has 0 aromatic carbocycles. The van der Waals surface area contributed by atoms with Gasteiger partial charge in [0.05, 0.1) is 5.92 Å². The highest BCUT2D eigenvalue weighted by atomic mass is 16.4. The van der Waals surface area contributed by atoms with Crippen LogP contribution in [-0.2, 0) is 14.4 Å². The fraction of sp³-hybridized carbons (Fsp3) is 0.625. The lowest BCUT2D eigenvalue weighted by atomic mass is 10.1. The van der Waals surface area contributed by atoms with Crippen molar-refractivity contribution in [3.8, 4) is 0 Å². The number of carboxylic acid groups (broad SMARTS) is 3. The Balaban J connectivity index is 2.70. The van der Waals surface area contributed by atoms with E-state index in [0.717, 1.165) is 4.90 Å². The van der Waals surface area contributed by atoms with Crippen molar-refractivity contribution in [2.45, 2.75) is 5.54 Å². The Bertz CT molecular complexity index is 327. The van der Waals surface area contributed by atoms with Gasteiger partial charge in [0.25, 0.3) is 0 Å². The molecule has 1 aliphatic rings. The zero-order valence-electron chi connectivity index (χ0n) is 8.29. The number of rotatable bonds is 6. The summed E-state index contributed by atoms with van der Waals surface area (Å²) in [6.07, 6.45) is 0. The van der Waals surface area contributed by atoms with Gasteiger partial charge in [0.1, 0.15) is 0 Å². The maximum Gasteiger partial charge on any atom is 0.337 e. The van der Waals surface area contributed by atoms with Gasteiger partial charge in [-0.3, -0.25) is 9.69 Å². The van der Waals surface area contributed by atoms with E-state index in [-0.39, 0.29) is 19.6 Å². The first-order chi connectivity index (χ1) is 7.36. The first kappa shape index (κ1) is 12.4. The van der Waals surface area contributed by atoms with Gasteiger partial charge in [-0.05, 0) is 0 Å². The molecular formula is C8H12N2O6. The maximum atomic E-state index is 10.8. The van der Waals surface area contributed by atoms with Gasteiger partial charge in [-0.2, -0.15) is 0 Å². The molecule has 0 aliphatic carbocycles. The molecule has 0 radical (unpaired) electrons. The van der Waals surface area contributed by atoms with Crippen molar-refractivity contribution in [3.05, 3.63) is 0 Å². The van der Waals surface area contributed by atoms with Gasteiger partial charge in [0.15, 0.2) is 0 Å². The minimum absolute atomic E-state index is 0.166. The monoisotopic (exact) mass is 232 g/mol. The lowest BCUT2D eigenvalue weighted by molar-refractivity contribution is -0.154. The third kappa shape index (κ3) is 1.84. The molecule has 0 aromatic rings. The number of nitrogens with zero attached hydrogens (tertiary/aromatic N) is 1. The predicted octanol–water partition coefficient (Wildman–Crippen LogP) is -2.13. The van der Waals surface area contributed by atoms with Crippen molar-refractivity contribution >= 4 is 17.9 Å². The summed E-state index contributed by atoms with van der Waals surface area (Å²) in [5.74, 6) is -5.10. The van der Waals surface area contributed by atoms with Crippen molar-refractivity contribution in [1.82, 2.24) is 4.90 Å². The summed E-state index contributed by atoms with van der Waals surface area (Å²) in [5, 5.41) is 26.2. The molecule has 1 heterocycles. The molecule has 8 nitrogen and oxygen atoms in total. The topological polar surface area (TPSA) is 141 Å². The first-order valence-corrected chi connectivity index (χ1v) is 4.51. The second-order valence-electron chi connectivity index (χ2n) is 3.62. The van der Waals surface area contributed by atoms with E-state index in [2.05, 4.69) is 0 Å². The second-order valence-corrected chi connectivity index (χ2v) is 3.62. The van der Waals surface area contributed by atoms with E-state index in [0.29, 0.717) is 0 Å². The smallest absolute Gasteiger partial charge is 0.337 e. The van der Waals surface area contributed by atoms with Gasteiger partial charge in [-0.25, -0.2) is 9.59 Å². The van der Waals surface area contributed by atoms with Crippen LogP contribution >= 0.6 is 0 Å². The molecule has 0 amide bonds. The SMILES string of the molecule is NCC(CN1CC1(C(=O)O)C(=O)O)C(=O)O. The molecule has 0 bridgehead atoms. The molecule has 2 atom stereocenters. The number of hydrogen-bond donors (Lipinski definition) is 4. The van der Waals surface area contributed by atoms with Crippen LogP contribution in [-0.4, -0.2) is 63.3 Å². The highest BCUT2D eigenvalue weighted by molar-refractivity contribution is 6.07. The standard InChI is InChI=1S/C8H12N2O6/c9-1-4(5(11)12)2-10-3-8(10,6(13)14)7(15)16/h4H,1-3,9H2,(H,11,12)(H,13,14)(H,15,16). The molecule has 1 fully saturated rings. The fourth-order valence-electron chi connectivity index (χ4n) is 1.48. The Hall–Kier alpha value is -1.67. The number of carbonyl (C=O) groups is 3. The van der Waals surface area contributed by atoms with Crippen LogP contribution in [0.15, 0.2) is 0 Å². The molecule has 2 unspecified atom stereocenters. The lowest BCUT2D eigenvalue weighted by Gasteiger charge is -2.13. The van der Waals surface area contributed by atoms with Crippen LogP contribution in [0, 0.1) is 5.92 Å². The molecule has 0 aromatic heterocycles. The molecule has 1 rings (SSSR count). The number of nitrogens with two attached hydrogens (primary N) is 1.